The molecule has 2 N–H and O–H groups in total. The van der Waals surface area contributed by atoms with Crippen LogP contribution in [0.3, 0.4) is 0 Å². The number of carboxylic acids is 2. The van der Waals surface area contributed by atoms with Gasteiger partial charge < -0.3 is 14.9 Å². The van der Waals surface area contributed by atoms with E-state index in [1.54, 1.807) is 19.1 Å². The number of ether oxygens (including phenoxy) is 1. The highest BCUT2D eigenvalue weighted by Gasteiger charge is 2.41. The van der Waals surface area contributed by atoms with Gasteiger partial charge in [0.1, 0.15) is 0 Å². The van der Waals surface area contributed by atoms with E-state index >= 15 is 0 Å². The molecule has 0 aliphatic heterocycles. The molecular weight excluding hydrogens is 298 g/mol. The molecule has 2 atom stereocenters. The number of nitrogens with zero attached hydrogens (tertiary/aromatic N) is 1. The van der Waals surface area contributed by atoms with Crippen LogP contribution in [0.1, 0.15) is 31.9 Å². The van der Waals surface area contributed by atoms with Gasteiger partial charge in [0.25, 0.3) is 0 Å². The molecule has 0 radical (unpaired) electrons. The average Bonchev–Trinajstić information content (AvgIpc) is 2.39. The summed E-state index contributed by atoms with van der Waals surface area (Å²) in [6.07, 6.45) is 0.968. The van der Waals surface area contributed by atoms with Crippen molar-refractivity contribution in [1.82, 2.24) is 4.98 Å². The smallest absolute Gasteiger partial charge is 0.320 e. The predicted molar refractivity (Wildman–Crippen MR) is 76.5 cm³/mol. The molecule has 1 rings (SSSR count). The van der Waals surface area contributed by atoms with Gasteiger partial charge in [-0.3, -0.25) is 14.6 Å². The molecule has 0 aromatic carbocycles. The number of rotatable bonds is 8. The molecule has 1 heterocycles. The van der Waals surface area contributed by atoms with E-state index in [-0.39, 0.29) is 6.61 Å². The minimum Gasteiger partial charge on any atom is -0.481 e. The molecule has 1 aromatic heterocycles. The molecule has 0 spiro atoms. The van der Waals surface area contributed by atoms with Crippen molar-refractivity contribution < 1.29 is 24.5 Å². The van der Waals surface area contributed by atoms with Crippen LogP contribution in [0.5, 0.6) is 0 Å². The van der Waals surface area contributed by atoms with Gasteiger partial charge in [0, 0.05) is 29.4 Å². The van der Waals surface area contributed by atoms with Crippen molar-refractivity contribution in [2.24, 2.45) is 5.92 Å². The summed E-state index contributed by atoms with van der Waals surface area (Å²) in [5.41, 5.74) is 0.524. The van der Waals surface area contributed by atoms with Crippen LogP contribution in [0.25, 0.3) is 0 Å². The third-order valence-electron chi connectivity index (χ3n) is 3.18. The zero-order valence-electron chi connectivity index (χ0n) is 11.8. The summed E-state index contributed by atoms with van der Waals surface area (Å²) >= 11 is 5.92. The topological polar surface area (TPSA) is 96.7 Å². The molecule has 116 valence electrons. The van der Waals surface area contributed by atoms with E-state index in [0.717, 1.165) is 0 Å². The van der Waals surface area contributed by atoms with E-state index in [2.05, 4.69) is 4.98 Å². The van der Waals surface area contributed by atoms with Crippen LogP contribution in [0, 0.1) is 5.92 Å². The molecule has 0 aliphatic carbocycles. The lowest BCUT2D eigenvalue weighted by Crippen LogP contribution is -2.41. The van der Waals surface area contributed by atoms with Crippen molar-refractivity contribution in [1.29, 1.82) is 0 Å². The van der Waals surface area contributed by atoms with Crippen molar-refractivity contribution in [3.8, 4) is 0 Å². The standard InChI is InChI=1S/C14H18ClNO5/c1-3-9(10-7-8(15)5-6-16-10)12(21-4-2)11(13(17)18)14(19)20/h5-7,9,11-12H,3-4H2,1-2H3,(H,17,18)(H,19,20). The fourth-order valence-electron chi connectivity index (χ4n) is 2.26. The third kappa shape index (κ3) is 4.41. The summed E-state index contributed by atoms with van der Waals surface area (Å²) in [6, 6.07) is 3.20. The van der Waals surface area contributed by atoms with Crippen molar-refractivity contribution in [2.45, 2.75) is 32.3 Å². The fourth-order valence-corrected chi connectivity index (χ4v) is 2.43. The summed E-state index contributed by atoms with van der Waals surface area (Å²) < 4.78 is 5.43. The monoisotopic (exact) mass is 315 g/mol. The van der Waals surface area contributed by atoms with Gasteiger partial charge in [-0.1, -0.05) is 18.5 Å². The third-order valence-corrected chi connectivity index (χ3v) is 3.41. The first kappa shape index (κ1) is 17.4. The lowest BCUT2D eigenvalue weighted by molar-refractivity contribution is -0.163. The molecule has 0 amide bonds. The number of carbonyl (C=O) groups is 2. The van der Waals surface area contributed by atoms with E-state index in [1.807, 2.05) is 6.92 Å². The molecule has 21 heavy (non-hydrogen) atoms. The van der Waals surface area contributed by atoms with Gasteiger partial charge >= 0.3 is 11.9 Å². The first-order valence-electron chi connectivity index (χ1n) is 6.61. The number of hydrogen-bond donors (Lipinski definition) is 2. The average molecular weight is 316 g/mol. The number of aliphatic carboxylic acids is 2. The van der Waals surface area contributed by atoms with E-state index in [4.69, 9.17) is 16.3 Å². The van der Waals surface area contributed by atoms with Crippen molar-refractivity contribution in [3.63, 3.8) is 0 Å². The number of pyridine rings is 1. The van der Waals surface area contributed by atoms with E-state index in [9.17, 15) is 19.8 Å². The maximum Gasteiger partial charge on any atom is 0.320 e. The Morgan fingerprint density at radius 3 is 2.38 bits per heavy atom. The van der Waals surface area contributed by atoms with Crippen LogP contribution in [-0.4, -0.2) is 39.8 Å². The lowest BCUT2D eigenvalue weighted by Gasteiger charge is -2.28. The van der Waals surface area contributed by atoms with Gasteiger partial charge in [-0.2, -0.15) is 0 Å². The van der Waals surface area contributed by atoms with E-state index in [0.29, 0.717) is 17.1 Å². The van der Waals surface area contributed by atoms with Gasteiger partial charge in [-0.15, -0.1) is 0 Å². The molecule has 0 bridgehead atoms. The molecule has 1 aromatic rings. The number of carboxylic acid groups (broad SMARTS) is 2. The highest BCUT2D eigenvalue weighted by Crippen LogP contribution is 2.30. The van der Waals surface area contributed by atoms with E-state index < -0.39 is 29.9 Å². The molecule has 7 heteroatoms. The Kier molecular flexibility index (Phi) is 6.58. The molecule has 0 fully saturated rings. The van der Waals surface area contributed by atoms with Crippen LogP contribution < -0.4 is 0 Å². The summed E-state index contributed by atoms with van der Waals surface area (Å²) in [6.45, 7) is 3.71. The molecule has 0 saturated heterocycles. The van der Waals surface area contributed by atoms with Crippen molar-refractivity contribution in [3.05, 3.63) is 29.0 Å². The van der Waals surface area contributed by atoms with Gasteiger partial charge in [0.05, 0.1) is 6.10 Å². The van der Waals surface area contributed by atoms with Crippen LogP contribution in [0.2, 0.25) is 5.02 Å². The van der Waals surface area contributed by atoms with Crippen molar-refractivity contribution in [2.75, 3.05) is 6.61 Å². The Balaban J connectivity index is 3.22. The van der Waals surface area contributed by atoms with Crippen LogP contribution in [0.15, 0.2) is 18.3 Å². The molecule has 6 nitrogen and oxygen atoms in total. The quantitative estimate of drug-likeness (QED) is 0.715. The Morgan fingerprint density at radius 1 is 1.33 bits per heavy atom. The molecular formula is C14H18ClNO5. The zero-order valence-corrected chi connectivity index (χ0v) is 12.6. The summed E-state index contributed by atoms with van der Waals surface area (Å²) in [5, 5.41) is 18.8. The second kappa shape index (κ2) is 7.95. The number of aromatic nitrogens is 1. The normalized spacial score (nSPS) is 13.9. The first-order chi connectivity index (χ1) is 9.92. The second-order valence-corrected chi connectivity index (χ2v) is 4.92. The lowest BCUT2D eigenvalue weighted by atomic mass is 9.86. The maximum atomic E-state index is 11.3. The number of halogens is 1. The first-order valence-corrected chi connectivity index (χ1v) is 6.98. The highest BCUT2D eigenvalue weighted by atomic mass is 35.5. The summed E-state index contributed by atoms with van der Waals surface area (Å²) in [4.78, 5) is 26.7. The van der Waals surface area contributed by atoms with Crippen LogP contribution in [0.4, 0.5) is 0 Å². The van der Waals surface area contributed by atoms with Crippen LogP contribution in [-0.2, 0) is 14.3 Å². The maximum absolute atomic E-state index is 11.3. The number of hydrogen-bond acceptors (Lipinski definition) is 4. The van der Waals surface area contributed by atoms with Crippen LogP contribution >= 0.6 is 11.6 Å². The van der Waals surface area contributed by atoms with Gasteiger partial charge in [0.15, 0.2) is 5.92 Å². The molecule has 2 unspecified atom stereocenters. The molecule has 0 saturated carbocycles. The predicted octanol–water partition coefficient (Wildman–Crippen LogP) is 2.42. The Hall–Kier alpha value is -1.66. The largest absolute Gasteiger partial charge is 0.481 e. The Morgan fingerprint density at radius 2 is 1.95 bits per heavy atom. The zero-order chi connectivity index (χ0) is 16.0. The summed E-state index contributed by atoms with van der Waals surface area (Å²) in [7, 11) is 0. The molecule has 0 aliphatic rings. The Bertz CT molecular complexity index is 494. The van der Waals surface area contributed by atoms with Gasteiger partial charge in [-0.25, -0.2) is 0 Å². The summed E-state index contributed by atoms with van der Waals surface area (Å²) in [5.74, 6) is -4.99. The minimum absolute atomic E-state index is 0.207. The Labute approximate surface area is 127 Å². The van der Waals surface area contributed by atoms with Gasteiger partial charge in [-0.05, 0) is 25.5 Å². The van der Waals surface area contributed by atoms with Crippen molar-refractivity contribution >= 4 is 23.5 Å². The fraction of sp³-hybridized carbons (Fsp3) is 0.500. The van der Waals surface area contributed by atoms with Gasteiger partial charge in [0.2, 0.25) is 0 Å². The second-order valence-electron chi connectivity index (χ2n) is 4.49. The minimum atomic E-state index is -1.66. The van der Waals surface area contributed by atoms with E-state index in [1.165, 1.54) is 6.20 Å². The SMILES string of the molecule is CCOC(C(C(=O)O)C(=O)O)C(CC)c1cc(Cl)ccn1. The highest BCUT2D eigenvalue weighted by molar-refractivity contribution is 6.30.